The molecule has 0 bridgehead atoms. The molecule has 1 rings (SSSR count). The Morgan fingerprint density at radius 1 is 1.56 bits per heavy atom. The van der Waals surface area contributed by atoms with Gasteiger partial charge in [0.25, 0.3) is 0 Å². The van der Waals surface area contributed by atoms with Gasteiger partial charge in [-0.2, -0.15) is 0 Å². The third-order valence-corrected chi connectivity index (χ3v) is 3.20. The SMILES string of the molecule is CCOCCC(=O)NCC1CCNCC1C. The van der Waals surface area contributed by atoms with Crippen molar-refractivity contribution in [2.75, 3.05) is 32.8 Å². The molecule has 0 aromatic heterocycles. The second-order valence-corrected chi connectivity index (χ2v) is 4.48. The minimum Gasteiger partial charge on any atom is -0.381 e. The van der Waals surface area contributed by atoms with Crippen LogP contribution in [0.25, 0.3) is 0 Å². The first kappa shape index (κ1) is 13.5. The zero-order chi connectivity index (χ0) is 11.8. The number of nitrogens with one attached hydrogen (secondary N) is 2. The molecular formula is C12H24N2O2. The van der Waals surface area contributed by atoms with Gasteiger partial charge in [0.15, 0.2) is 0 Å². The van der Waals surface area contributed by atoms with Gasteiger partial charge >= 0.3 is 0 Å². The summed E-state index contributed by atoms with van der Waals surface area (Å²) >= 11 is 0. The third-order valence-electron chi connectivity index (χ3n) is 3.20. The number of rotatable bonds is 6. The molecule has 0 saturated carbocycles. The Labute approximate surface area is 98.1 Å². The van der Waals surface area contributed by atoms with E-state index in [9.17, 15) is 4.79 Å². The van der Waals surface area contributed by atoms with E-state index in [1.165, 1.54) is 0 Å². The lowest BCUT2D eigenvalue weighted by atomic mass is 9.88. The van der Waals surface area contributed by atoms with E-state index in [0.717, 1.165) is 26.1 Å². The molecule has 1 fully saturated rings. The molecular weight excluding hydrogens is 204 g/mol. The molecule has 1 amide bonds. The summed E-state index contributed by atoms with van der Waals surface area (Å²) in [5.41, 5.74) is 0. The highest BCUT2D eigenvalue weighted by molar-refractivity contribution is 5.75. The van der Waals surface area contributed by atoms with Crippen LogP contribution in [0.15, 0.2) is 0 Å². The Morgan fingerprint density at radius 3 is 3.06 bits per heavy atom. The van der Waals surface area contributed by atoms with E-state index >= 15 is 0 Å². The van der Waals surface area contributed by atoms with Crippen molar-refractivity contribution in [3.05, 3.63) is 0 Å². The predicted octanol–water partition coefficient (Wildman–Crippen LogP) is 0.775. The Bertz CT molecular complexity index is 209. The summed E-state index contributed by atoms with van der Waals surface area (Å²) in [4.78, 5) is 11.5. The molecule has 0 aromatic rings. The van der Waals surface area contributed by atoms with Gasteiger partial charge in [-0.25, -0.2) is 0 Å². The van der Waals surface area contributed by atoms with Crippen molar-refractivity contribution in [2.24, 2.45) is 11.8 Å². The van der Waals surface area contributed by atoms with Crippen LogP contribution in [-0.4, -0.2) is 38.8 Å². The number of carbonyl (C=O) groups excluding carboxylic acids is 1. The maximum absolute atomic E-state index is 11.5. The predicted molar refractivity (Wildman–Crippen MR) is 64.3 cm³/mol. The first-order valence-electron chi connectivity index (χ1n) is 6.29. The summed E-state index contributed by atoms with van der Waals surface area (Å²) in [6.45, 7) is 8.34. The molecule has 0 aromatic carbocycles. The van der Waals surface area contributed by atoms with E-state index in [1.807, 2.05) is 6.92 Å². The fraction of sp³-hybridized carbons (Fsp3) is 0.917. The second-order valence-electron chi connectivity index (χ2n) is 4.48. The number of carbonyl (C=O) groups is 1. The van der Waals surface area contributed by atoms with Gasteiger partial charge in [-0.15, -0.1) is 0 Å². The van der Waals surface area contributed by atoms with E-state index in [2.05, 4.69) is 17.6 Å². The van der Waals surface area contributed by atoms with Gasteiger partial charge in [-0.05, 0) is 38.3 Å². The zero-order valence-electron chi connectivity index (χ0n) is 10.4. The molecule has 0 radical (unpaired) electrons. The fourth-order valence-electron chi connectivity index (χ4n) is 2.01. The lowest BCUT2D eigenvalue weighted by molar-refractivity contribution is -0.122. The van der Waals surface area contributed by atoms with Crippen molar-refractivity contribution in [1.29, 1.82) is 0 Å². The maximum Gasteiger partial charge on any atom is 0.222 e. The van der Waals surface area contributed by atoms with Crippen molar-refractivity contribution in [1.82, 2.24) is 10.6 Å². The van der Waals surface area contributed by atoms with E-state index in [1.54, 1.807) is 0 Å². The van der Waals surface area contributed by atoms with E-state index < -0.39 is 0 Å². The van der Waals surface area contributed by atoms with Crippen LogP contribution < -0.4 is 10.6 Å². The van der Waals surface area contributed by atoms with Crippen LogP contribution in [0.4, 0.5) is 0 Å². The molecule has 16 heavy (non-hydrogen) atoms. The first-order valence-corrected chi connectivity index (χ1v) is 6.29. The summed E-state index contributed by atoms with van der Waals surface area (Å²) in [7, 11) is 0. The number of amides is 1. The highest BCUT2D eigenvalue weighted by Crippen LogP contribution is 2.17. The maximum atomic E-state index is 11.5. The van der Waals surface area contributed by atoms with Crippen LogP contribution in [-0.2, 0) is 9.53 Å². The highest BCUT2D eigenvalue weighted by atomic mass is 16.5. The topological polar surface area (TPSA) is 50.4 Å². The molecule has 1 aliphatic rings. The summed E-state index contributed by atoms with van der Waals surface area (Å²) in [6.07, 6.45) is 1.64. The quantitative estimate of drug-likeness (QED) is 0.660. The molecule has 0 aliphatic carbocycles. The van der Waals surface area contributed by atoms with Gasteiger partial charge in [-0.1, -0.05) is 6.92 Å². The molecule has 2 unspecified atom stereocenters. The Hall–Kier alpha value is -0.610. The number of hydrogen-bond acceptors (Lipinski definition) is 3. The second kappa shape index (κ2) is 7.63. The summed E-state index contributed by atoms with van der Waals surface area (Å²) < 4.78 is 5.15. The van der Waals surface area contributed by atoms with Crippen molar-refractivity contribution in [2.45, 2.75) is 26.7 Å². The highest BCUT2D eigenvalue weighted by Gasteiger charge is 2.21. The van der Waals surface area contributed by atoms with Crippen molar-refractivity contribution in [3.63, 3.8) is 0 Å². The van der Waals surface area contributed by atoms with Crippen LogP contribution >= 0.6 is 0 Å². The number of piperidine rings is 1. The molecule has 4 heteroatoms. The summed E-state index contributed by atoms with van der Waals surface area (Å²) in [5.74, 6) is 1.39. The van der Waals surface area contributed by atoms with E-state index in [4.69, 9.17) is 4.74 Å². The molecule has 2 N–H and O–H groups in total. The standard InChI is InChI=1S/C12H24N2O2/c1-3-16-7-5-12(15)14-9-11-4-6-13-8-10(11)2/h10-11,13H,3-9H2,1-2H3,(H,14,15). The average molecular weight is 228 g/mol. The Balaban J connectivity index is 2.10. The Kier molecular flexibility index (Phi) is 6.42. The lowest BCUT2D eigenvalue weighted by Crippen LogP contribution is -2.41. The molecule has 0 spiro atoms. The van der Waals surface area contributed by atoms with Gasteiger partial charge in [0, 0.05) is 19.6 Å². The monoisotopic (exact) mass is 228 g/mol. The van der Waals surface area contributed by atoms with E-state index in [0.29, 0.717) is 31.5 Å². The first-order chi connectivity index (χ1) is 7.74. The molecule has 1 heterocycles. The van der Waals surface area contributed by atoms with Crippen molar-refractivity contribution in [3.8, 4) is 0 Å². The molecule has 94 valence electrons. The lowest BCUT2D eigenvalue weighted by Gasteiger charge is -2.29. The summed E-state index contributed by atoms with van der Waals surface area (Å²) in [6, 6.07) is 0. The van der Waals surface area contributed by atoms with E-state index in [-0.39, 0.29) is 5.91 Å². The largest absolute Gasteiger partial charge is 0.381 e. The van der Waals surface area contributed by atoms with Crippen LogP contribution in [0.5, 0.6) is 0 Å². The van der Waals surface area contributed by atoms with Crippen molar-refractivity contribution < 1.29 is 9.53 Å². The fourth-order valence-corrected chi connectivity index (χ4v) is 2.01. The average Bonchev–Trinajstić information content (AvgIpc) is 2.28. The smallest absolute Gasteiger partial charge is 0.222 e. The third kappa shape index (κ3) is 4.94. The van der Waals surface area contributed by atoms with Gasteiger partial charge in [-0.3, -0.25) is 4.79 Å². The summed E-state index contributed by atoms with van der Waals surface area (Å²) in [5, 5.41) is 6.36. The molecule has 4 nitrogen and oxygen atoms in total. The Morgan fingerprint density at radius 2 is 2.38 bits per heavy atom. The van der Waals surface area contributed by atoms with Crippen molar-refractivity contribution >= 4 is 5.91 Å². The van der Waals surface area contributed by atoms with Crippen LogP contribution in [0, 0.1) is 11.8 Å². The number of ether oxygens (including phenoxy) is 1. The molecule has 2 atom stereocenters. The minimum absolute atomic E-state index is 0.110. The zero-order valence-corrected chi connectivity index (χ0v) is 10.4. The van der Waals surface area contributed by atoms with Crippen LogP contribution in [0.2, 0.25) is 0 Å². The van der Waals surface area contributed by atoms with Crippen LogP contribution in [0.1, 0.15) is 26.7 Å². The minimum atomic E-state index is 0.110. The van der Waals surface area contributed by atoms with Gasteiger partial charge in [0.05, 0.1) is 6.61 Å². The number of hydrogen-bond donors (Lipinski definition) is 2. The molecule has 1 saturated heterocycles. The molecule has 1 aliphatic heterocycles. The van der Waals surface area contributed by atoms with Crippen LogP contribution in [0.3, 0.4) is 0 Å². The van der Waals surface area contributed by atoms with Gasteiger partial charge in [0.1, 0.15) is 0 Å². The van der Waals surface area contributed by atoms with Gasteiger partial charge < -0.3 is 15.4 Å². The van der Waals surface area contributed by atoms with Gasteiger partial charge in [0.2, 0.25) is 5.91 Å². The normalized spacial score (nSPS) is 25.4.